The maximum atomic E-state index is 10.3. The van der Waals surface area contributed by atoms with E-state index in [0.29, 0.717) is 5.58 Å². The van der Waals surface area contributed by atoms with E-state index in [1.54, 1.807) is 12.1 Å². The Bertz CT molecular complexity index is 504. The van der Waals surface area contributed by atoms with Gasteiger partial charge in [-0.1, -0.05) is 6.07 Å². The predicted molar refractivity (Wildman–Crippen MR) is 48.8 cm³/mol. The van der Waals surface area contributed by atoms with Crippen molar-refractivity contribution in [3.63, 3.8) is 0 Å². The molecule has 0 bridgehead atoms. The molecule has 0 atom stereocenters. The summed E-state index contributed by atoms with van der Waals surface area (Å²) in [5.74, 6) is -1.21. The number of fused-ring (bicyclic) bond motifs is 1. The first-order valence-corrected chi connectivity index (χ1v) is 4.10. The highest BCUT2D eigenvalue weighted by Gasteiger charge is 2.14. The van der Waals surface area contributed by atoms with Crippen LogP contribution in [0, 0.1) is 0 Å². The molecular formula is C9H7NO5. The number of aromatic hydroxyl groups is 1. The molecule has 0 saturated heterocycles. The van der Waals surface area contributed by atoms with Gasteiger partial charge >= 0.3 is 5.97 Å². The normalized spacial score (nSPS) is 10.4. The lowest BCUT2D eigenvalue weighted by Crippen LogP contribution is -2.09. The predicted octanol–water partition coefficient (Wildman–Crippen LogP) is 0.997. The monoisotopic (exact) mass is 209 g/mol. The SMILES string of the molecule is O=C(O)COc1noc2cccc(O)c12. The van der Waals surface area contributed by atoms with Crippen molar-refractivity contribution in [2.75, 3.05) is 6.61 Å². The van der Waals surface area contributed by atoms with Gasteiger partial charge in [-0.05, 0) is 17.3 Å². The minimum absolute atomic E-state index is 0.0227. The number of benzene rings is 1. The number of ether oxygens (including phenoxy) is 1. The molecule has 2 aromatic rings. The Hall–Kier alpha value is -2.24. The Morgan fingerprint density at radius 3 is 3.07 bits per heavy atom. The number of aliphatic carboxylic acids is 1. The molecular weight excluding hydrogens is 202 g/mol. The van der Waals surface area contributed by atoms with Gasteiger partial charge in [0.05, 0.1) is 0 Å². The molecule has 0 fully saturated rings. The summed E-state index contributed by atoms with van der Waals surface area (Å²) in [5, 5.41) is 21.7. The number of carboxylic acid groups (broad SMARTS) is 1. The first kappa shape index (κ1) is 9.32. The van der Waals surface area contributed by atoms with Crippen LogP contribution < -0.4 is 4.74 Å². The molecule has 0 aliphatic carbocycles. The fourth-order valence-electron chi connectivity index (χ4n) is 1.18. The van der Waals surface area contributed by atoms with Crippen LogP contribution in [0.2, 0.25) is 0 Å². The van der Waals surface area contributed by atoms with Gasteiger partial charge in [0, 0.05) is 0 Å². The number of carboxylic acids is 1. The average molecular weight is 209 g/mol. The number of phenols is 1. The minimum atomic E-state index is -1.12. The molecule has 0 radical (unpaired) electrons. The van der Waals surface area contributed by atoms with E-state index in [9.17, 15) is 9.90 Å². The Labute approximate surface area is 83.7 Å². The second-order valence-corrected chi connectivity index (χ2v) is 2.82. The summed E-state index contributed by atoms with van der Waals surface area (Å²) >= 11 is 0. The maximum Gasteiger partial charge on any atom is 0.341 e. The van der Waals surface area contributed by atoms with Gasteiger partial charge in [0.2, 0.25) is 0 Å². The standard InChI is InChI=1S/C9H7NO5/c11-5-2-1-3-6-8(5)9(10-15-6)14-4-7(12)13/h1-3,11H,4H2,(H,12,13). The summed E-state index contributed by atoms with van der Waals surface area (Å²) in [6.07, 6.45) is 0. The van der Waals surface area contributed by atoms with Crippen molar-refractivity contribution in [3.8, 4) is 11.6 Å². The molecule has 0 aliphatic rings. The lowest BCUT2D eigenvalue weighted by Gasteiger charge is -1.98. The van der Waals surface area contributed by atoms with Crippen LogP contribution in [-0.2, 0) is 4.79 Å². The molecule has 2 rings (SSSR count). The summed E-state index contributed by atoms with van der Waals surface area (Å²) < 4.78 is 9.67. The summed E-state index contributed by atoms with van der Waals surface area (Å²) in [7, 11) is 0. The summed E-state index contributed by atoms with van der Waals surface area (Å²) in [6.45, 7) is -0.532. The van der Waals surface area contributed by atoms with Crippen molar-refractivity contribution in [2.24, 2.45) is 0 Å². The topological polar surface area (TPSA) is 92.8 Å². The van der Waals surface area contributed by atoms with Crippen LogP contribution >= 0.6 is 0 Å². The summed E-state index contributed by atoms with van der Waals surface area (Å²) in [6, 6.07) is 4.62. The highest BCUT2D eigenvalue weighted by Crippen LogP contribution is 2.32. The van der Waals surface area contributed by atoms with Crippen LogP contribution in [0.3, 0.4) is 0 Å². The summed E-state index contributed by atoms with van der Waals surface area (Å²) in [4.78, 5) is 10.3. The van der Waals surface area contributed by atoms with E-state index < -0.39 is 12.6 Å². The quantitative estimate of drug-likeness (QED) is 0.783. The van der Waals surface area contributed by atoms with Gasteiger partial charge in [-0.3, -0.25) is 0 Å². The van der Waals surface area contributed by atoms with Gasteiger partial charge < -0.3 is 19.5 Å². The number of rotatable bonds is 3. The molecule has 0 aliphatic heterocycles. The number of aromatic nitrogens is 1. The first-order chi connectivity index (χ1) is 7.18. The first-order valence-electron chi connectivity index (χ1n) is 4.10. The summed E-state index contributed by atoms with van der Waals surface area (Å²) in [5.41, 5.74) is 0.343. The molecule has 0 unspecified atom stereocenters. The number of phenolic OH excluding ortho intramolecular Hbond substituents is 1. The maximum absolute atomic E-state index is 10.3. The Morgan fingerprint density at radius 2 is 2.33 bits per heavy atom. The van der Waals surface area contributed by atoms with Gasteiger partial charge in [-0.15, -0.1) is 0 Å². The van der Waals surface area contributed by atoms with Crippen LogP contribution in [0.4, 0.5) is 0 Å². The largest absolute Gasteiger partial charge is 0.507 e. The van der Waals surface area contributed by atoms with Crippen molar-refractivity contribution in [1.82, 2.24) is 5.16 Å². The van der Waals surface area contributed by atoms with Crippen molar-refractivity contribution in [3.05, 3.63) is 18.2 Å². The van der Waals surface area contributed by atoms with Crippen LogP contribution in [-0.4, -0.2) is 27.9 Å². The second kappa shape index (κ2) is 3.49. The van der Waals surface area contributed by atoms with Crippen molar-refractivity contribution in [2.45, 2.75) is 0 Å². The van der Waals surface area contributed by atoms with E-state index in [0.717, 1.165) is 0 Å². The van der Waals surface area contributed by atoms with Crippen molar-refractivity contribution in [1.29, 1.82) is 0 Å². The molecule has 2 N–H and O–H groups in total. The van der Waals surface area contributed by atoms with Crippen molar-refractivity contribution >= 4 is 16.9 Å². The molecule has 6 nitrogen and oxygen atoms in total. The van der Waals surface area contributed by atoms with Crippen LogP contribution in [0.5, 0.6) is 11.6 Å². The van der Waals surface area contributed by atoms with E-state index in [1.165, 1.54) is 6.07 Å². The molecule has 1 aromatic heterocycles. The fraction of sp³-hybridized carbons (Fsp3) is 0.111. The molecule has 1 heterocycles. The van der Waals surface area contributed by atoms with E-state index >= 15 is 0 Å². The van der Waals surface area contributed by atoms with Crippen molar-refractivity contribution < 1.29 is 24.3 Å². The van der Waals surface area contributed by atoms with Gasteiger partial charge in [0.15, 0.2) is 12.2 Å². The number of carbonyl (C=O) groups is 1. The zero-order valence-electron chi connectivity index (χ0n) is 7.51. The van der Waals surface area contributed by atoms with E-state index in [1.807, 2.05) is 0 Å². The zero-order valence-corrected chi connectivity index (χ0v) is 7.51. The number of hydrogen-bond acceptors (Lipinski definition) is 5. The number of hydrogen-bond donors (Lipinski definition) is 2. The molecule has 0 amide bonds. The third kappa shape index (κ3) is 1.69. The zero-order chi connectivity index (χ0) is 10.8. The highest BCUT2D eigenvalue weighted by atomic mass is 16.5. The Balaban J connectivity index is 2.39. The third-order valence-electron chi connectivity index (χ3n) is 1.78. The van der Waals surface area contributed by atoms with E-state index in [4.69, 9.17) is 14.4 Å². The molecule has 6 heteroatoms. The van der Waals surface area contributed by atoms with E-state index in [2.05, 4.69) is 5.16 Å². The van der Waals surface area contributed by atoms with Gasteiger partial charge in [-0.25, -0.2) is 4.79 Å². The van der Waals surface area contributed by atoms with Gasteiger partial charge in [0.25, 0.3) is 5.88 Å². The molecule has 15 heavy (non-hydrogen) atoms. The highest BCUT2D eigenvalue weighted by molar-refractivity contribution is 5.88. The fourth-order valence-corrected chi connectivity index (χ4v) is 1.18. The molecule has 78 valence electrons. The van der Waals surface area contributed by atoms with Crippen LogP contribution in [0.25, 0.3) is 11.0 Å². The lowest BCUT2D eigenvalue weighted by atomic mass is 10.2. The molecule has 0 saturated carbocycles. The Kier molecular flexibility index (Phi) is 2.17. The average Bonchev–Trinajstić information content (AvgIpc) is 2.59. The van der Waals surface area contributed by atoms with Gasteiger partial charge in [0.1, 0.15) is 11.1 Å². The minimum Gasteiger partial charge on any atom is -0.507 e. The van der Waals surface area contributed by atoms with Crippen LogP contribution in [0.1, 0.15) is 0 Å². The Morgan fingerprint density at radius 1 is 1.53 bits per heavy atom. The smallest absolute Gasteiger partial charge is 0.341 e. The van der Waals surface area contributed by atoms with Crippen LogP contribution in [0.15, 0.2) is 22.7 Å². The molecule has 0 spiro atoms. The second-order valence-electron chi connectivity index (χ2n) is 2.82. The lowest BCUT2D eigenvalue weighted by molar-refractivity contribution is -0.139. The van der Waals surface area contributed by atoms with Gasteiger partial charge in [-0.2, -0.15) is 0 Å². The molecule has 1 aromatic carbocycles. The third-order valence-corrected chi connectivity index (χ3v) is 1.78. The number of nitrogens with zero attached hydrogens (tertiary/aromatic N) is 1. The van der Waals surface area contributed by atoms with E-state index in [-0.39, 0.29) is 17.0 Å².